The molecule has 1 heterocycles. The molecule has 3 N–H and O–H groups in total. The predicted molar refractivity (Wildman–Crippen MR) is 96.3 cm³/mol. The van der Waals surface area contributed by atoms with Gasteiger partial charge in [-0.1, -0.05) is 6.92 Å². The highest BCUT2D eigenvalue weighted by Crippen LogP contribution is 2.40. The lowest BCUT2D eigenvalue weighted by Gasteiger charge is -2.18. The number of benzene rings is 1. The van der Waals surface area contributed by atoms with Crippen LogP contribution in [0.4, 0.5) is 18.2 Å². The first-order valence-corrected chi connectivity index (χ1v) is 10.4. The Bertz CT molecular complexity index is 980. The second kappa shape index (κ2) is 6.83. The van der Waals surface area contributed by atoms with Crippen LogP contribution in [-0.4, -0.2) is 14.3 Å². The number of halogens is 3. The van der Waals surface area contributed by atoms with E-state index in [2.05, 4.69) is 11.6 Å². The molecule has 1 amide bonds. The van der Waals surface area contributed by atoms with Crippen LogP contribution < -0.4 is 10.5 Å². The van der Waals surface area contributed by atoms with E-state index in [0.29, 0.717) is 24.5 Å². The number of nitrogens with one attached hydrogen (secondary N) is 1. The van der Waals surface area contributed by atoms with Crippen molar-refractivity contribution in [2.75, 3.05) is 4.72 Å². The molecule has 0 radical (unpaired) electrons. The lowest BCUT2D eigenvalue weighted by atomic mass is 9.88. The van der Waals surface area contributed by atoms with Gasteiger partial charge < -0.3 is 5.73 Å². The smallest absolute Gasteiger partial charge is 0.365 e. The standard InChI is InChI=1S/C17H17F3N2O3S2/c1-9-2-7-12-13(8-9)26-16(14(12)15(21)23)22-27(24,25)11-5-3-10(4-6-11)17(18,19)20/h3-6,9,22H,2,7-8H2,1H3,(H2,21,23)/t9-/m0/s1. The summed E-state index contributed by atoms with van der Waals surface area (Å²) in [6, 6.07) is 3.16. The Kier molecular flexibility index (Phi) is 4.98. The van der Waals surface area contributed by atoms with Gasteiger partial charge in [0.25, 0.3) is 15.9 Å². The first-order valence-electron chi connectivity index (χ1n) is 8.13. The maximum Gasteiger partial charge on any atom is 0.416 e. The van der Waals surface area contributed by atoms with Gasteiger partial charge >= 0.3 is 6.18 Å². The fourth-order valence-electron chi connectivity index (χ4n) is 3.09. The molecule has 0 saturated carbocycles. The molecule has 0 spiro atoms. The number of hydrogen-bond acceptors (Lipinski definition) is 4. The molecule has 10 heteroatoms. The lowest BCUT2D eigenvalue weighted by Crippen LogP contribution is -2.19. The highest BCUT2D eigenvalue weighted by atomic mass is 32.2. The highest BCUT2D eigenvalue weighted by molar-refractivity contribution is 7.93. The van der Waals surface area contributed by atoms with Gasteiger partial charge in [0.2, 0.25) is 0 Å². The van der Waals surface area contributed by atoms with E-state index >= 15 is 0 Å². The minimum atomic E-state index is -4.56. The Hall–Kier alpha value is -2.07. The Morgan fingerprint density at radius 3 is 2.44 bits per heavy atom. The molecule has 0 aliphatic heterocycles. The second-order valence-corrected chi connectivity index (χ2v) is 9.34. The summed E-state index contributed by atoms with van der Waals surface area (Å²) in [5, 5.41) is 0.112. The lowest BCUT2D eigenvalue weighted by molar-refractivity contribution is -0.137. The number of hydrogen-bond donors (Lipinski definition) is 2. The van der Waals surface area contributed by atoms with Crippen LogP contribution in [0.25, 0.3) is 0 Å². The van der Waals surface area contributed by atoms with Gasteiger partial charge in [-0.25, -0.2) is 8.42 Å². The largest absolute Gasteiger partial charge is 0.416 e. The topological polar surface area (TPSA) is 89.3 Å². The van der Waals surface area contributed by atoms with Crippen LogP contribution in [0.2, 0.25) is 0 Å². The zero-order valence-electron chi connectivity index (χ0n) is 14.3. The van der Waals surface area contributed by atoms with Gasteiger partial charge in [-0.15, -0.1) is 11.3 Å². The van der Waals surface area contributed by atoms with E-state index in [-0.39, 0.29) is 15.5 Å². The number of nitrogens with two attached hydrogens (primary N) is 1. The average molecular weight is 418 g/mol. The third-order valence-corrected chi connectivity index (χ3v) is 7.14. The van der Waals surface area contributed by atoms with E-state index in [0.717, 1.165) is 46.8 Å². The molecular weight excluding hydrogens is 401 g/mol. The monoisotopic (exact) mass is 418 g/mol. The van der Waals surface area contributed by atoms with Crippen LogP contribution in [0.5, 0.6) is 0 Å². The van der Waals surface area contributed by atoms with Crippen molar-refractivity contribution < 1.29 is 26.4 Å². The summed E-state index contributed by atoms with van der Waals surface area (Å²) < 4.78 is 65.4. The molecule has 0 saturated heterocycles. The molecule has 27 heavy (non-hydrogen) atoms. The van der Waals surface area contributed by atoms with E-state index in [9.17, 15) is 26.4 Å². The minimum Gasteiger partial charge on any atom is -0.365 e. The van der Waals surface area contributed by atoms with Crippen molar-refractivity contribution in [1.29, 1.82) is 0 Å². The van der Waals surface area contributed by atoms with Crippen LogP contribution >= 0.6 is 11.3 Å². The normalized spacial score (nSPS) is 17.4. The SMILES string of the molecule is C[C@H]1CCc2c(sc(NS(=O)(=O)c3ccc(C(F)(F)F)cc3)c2C(N)=O)C1. The fraction of sp³-hybridized carbons (Fsp3) is 0.353. The van der Waals surface area contributed by atoms with Crippen molar-refractivity contribution >= 4 is 32.3 Å². The Morgan fingerprint density at radius 1 is 1.26 bits per heavy atom. The zero-order chi connectivity index (χ0) is 20.0. The Morgan fingerprint density at radius 2 is 1.89 bits per heavy atom. The van der Waals surface area contributed by atoms with Crippen LogP contribution in [-0.2, 0) is 29.0 Å². The molecule has 3 rings (SSSR count). The van der Waals surface area contributed by atoms with Gasteiger partial charge in [-0.3, -0.25) is 9.52 Å². The predicted octanol–water partition coefficient (Wildman–Crippen LogP) is 3.79. The van der Waals surface area contributed by atoms with E-state index in [4.69, 9.17) is 5.73 Å². The van der Waals surface area contributed by atoms with E-state index in [1.165, 1.54) is 0 Å². The Labute approximate surface area is 158 Å². The fourth-order valence-corrected chi connectivity index (χ4v) is 5.81. The van der Waals surface area contributed by atoms with E-state index in [1.54, 1.807) is 0 Å². The third-order valence-electron chi connectivity index (χ3n) is 4.48. The number of rotatable bonds is 4. The molecule has 1 aromatic carbocycles. The quantitative estimate of drug-likeness (QED) is 0.792. The number of amides is 1. The van der Waals surface area contributed by atoms with Gasteiger partial charge in [-0.05, 0) is 55.0 Å². The number of carbonyl (C=O) groups excluding carboxylic acids is 1. The van der Waals surface area contributed by atoms with Crippen molar-refractivity contribution in [3.05, 3.63) is 45.8 Å². The van der Waals surface area contributed by atoms with Crippen LogP contribution in [0.3, 0.4) is 0 Å². The van der Waals surface area contributed by atoms with Crippen molar-refractivity contribution in [3.8, 4) is 0 Å². The van der Waals surface area contributed by atoms with E-state index < -0.39 is 27.7 Å². The van der Waals surface area contributed by atoms with Gasteiger partial charge in [0.1, 0.15) is 5.00 Å². The molecule has 0 unspecified atom stereocenters. The maximum absolute atomic E-state index is 12.7. The summed E-state index contributed by atoms with van der Waals surface area (Å²) >= 11 is 1.15. The molecule has 1 aromatic heterocycles. The summed E-state index contributed by atoms with van der Waals surface area (Å²) in [4.78, 5) is 12.5. The number of sulfonamides is 1. The average Bonchev–Trinajstić information content (AvgIpc) is 2.90. The summed E-state index contributed by atoms with van der Waals surface area (Å²) in [7, 11) is -4.16. The molecule has 2 aromatic rings. The molecule has 0 fully saturated rings. The number of primary amides is 1. The van der Waals surface area contributed by atoms with Gasteiger partial charge in [0, 0.05) is 4.88 Å². The van der Waals surface area contributed by atoms with Gasteiger partial charge in [0.05, 0.1) is 16.0 Å². The molecular formula is C17H17F3N2O3S2. The maximum atomic E-state index is 12.7. The number of carbonyl (C=O) groups is 1. The molecule has 5 nitrogen and oxygen atoms in total. The molecule has 1 aliphatic rings. The van der Waals surface area contributed by atoms with Crippen LogP contribution in [0, 0.1) is 5.92 Å². The van der Waals surface area contributed by atoms with Crippen LogP contribution in [0.15, 0.2) is 29.2 Å². The first kappa shape index (κ1) is 19.7. The molecule has 146 valence electrons. The van der Waals surface area contributed by atoms with E-state index in [1.807, 2.05) is 0 Å². The number of fused-ring (bicyclic) bond motifs is 1. The van der Waals surface area contributed by atoms with Crippen molar-refractivity contribution in [2.24, 2.45) is 11.7 Å². The molecule has 1 atom stereocenters. The number of alkyl halides is 3. The number of thiophene rings is 1. The second-order valence-electron chi connectivity index (χ2n) is 6.55. The van der Waals surface area contributed by atoms with Crippen molar-refractivity contribution in [2.45, 2.75) is 37.3 Å². The summed E-state index contributed by atoms with van der Waals surface area (Å²) in [5.41, 5.74) is 5.42. The van der Waals surface area contributed by atoms with Crippen molar-refractivity contribution in [3.63, 3.8) is 0 Å². The summed E-state index contributed by atoms with van der Waals surface area (Å²) in [5.74, 6) is -0.316. The summed E-state index contributed by atoms with van der Waals surface area (Å²) in [6.45, 7) is 2.07. The Balaban J connectivity index is 1.95. The highest BCUT2D eigenvalue weighted by Gasteiger charge is 2.32. The zero-order valence-corrected chi connectivity index (χ0v) is 15.9. The van der Waals surface area contributed by atoms with Crippen LogP contribution in [0.1, 0.15) is 39.7 Å². The first-order chi connectivity index (χ1) is 12.5. The van der Waals surface area contributed by atoms with Gasteiger partial charge in [0.15, 0.2) is 0 Å². The molecule has 0 bridgehead atoms. The summed E-state index contributed by atoms with van der Waals surface area (Å²) in [6.07, 6.45) is -2.33. The number of anilines is 1. The van der Waals surface area contributed by atoms with Gasteiger partial charge in [-0.2, -0.15) is 13.2 Å². The minimum absolute atomic E-state index is 0.112. The third kappa shape index (κ3) is 3.96. The molecule has 1 aliphatic carbocycles. The van der Waals surface area contributed by atoms with Crippen molar-refractivity contribution in [1.82, 2.24) is 0 Å².